The fraction of sp³-hybridized carbons (Fsp3) is 0.600. The van der Waals surface area contributed by atoms with E-state index in [1.165, 1.54) is 17.5 Å². The number of benzene rings is 1. The van der Waals surface area contributed by atoms with E-state index in [0.717, 1.165) is 37.6 Å². The molecular formula is C15H25ClN2O2. The van der Waals surface area contributed by atoms with Crippen LogP contribution in [0.4, 0.5) is 0 Å². The average Bonchev–Trinajstić information content (AvgIpc) is 2.40. The molecule has 5 heteroatoms. The second kappa shape index (κ2) is 7.72. The second-order valence-electron chi connectivity index (χ2n) is 5.27. The van der Waals surface area contributed by atoms with Crippen LogP contribution in [0, 0.1) is 6.92 Å². The molecule has 0 amide bonds. The molecule has 4 nitrogen and oxygen atoms in total. The molecule has 20 heavy (non-hydrogen) atoms. The summed E-state index contributed by atoms with van der Waals surface area (Å²) in [6.07, 6.45) is 2.33. The Hall–Kier alpha value is -0.970. The Kier molecular flexibility index (Phi) is 6.59. The molecule has 0 unspecified atom stereocenters. The molecule has 1 atom stereocenters. The highest BCUT2D eigenvalue weighted by Crippen LogP contribution is 2.31. The van der Waals surface area contributed by atoms with Crippen molar-refractivity contribution < 1.29 is 9.47 Å². The number of hydrogen-bond acceptors (Lipinski definition) is 4. The number of hydrogen-bond donors (Lipinski definition) is 1. The number of methoxy groups -OCH3 is 2. The number of ether oxygens (including phenoxy) is 2. The Bertz CT molecular complexity index is 440. The summed E-state index contributed by atoms with van der Waals surface area (Å²) in [5, 5.41) is 0. The minimum Gasteiger partial charge on any atom is -0.493 e. The maximum Gasteiger partial charge on any atom is 0.161 e. The zero-order valence-corrected chi connectivity index (χ0v) is 13.3. The molecule has 0 spiro atoms. The number of rotatable bonds is 4. The maximum absolute atomic E-state index is 6.03. The Labute approximate surface area is 127 Å². The van der Waals surface area contributed by atoms with Crippen molar-refractivity contribution in [1.29, 1.82) is 0 Å². The summed E-state index contributed by atoms with van der Waals surface area (Å²) in [6, 6.07) is 4.43. The van der Waals surface area contributed by atoms with Gasteiger partial charge in [-0.15, -0.1) is 12.4 Å². The number of aryl methyl sites for hydroxylation is 1. The van der Waals surface area contributed by atoms with Gasteiger partial charge in [0.05, 0.1) is 14.2 Å². The Morgan fingerprint density at radius 1 is 1.25 bits per heavy atom. The first kappa shape index (κ1) is 17.1. The van der Waals surface area contributed by atoms with E-state index in [1.807, 2.05) is 6.07 Å². The summed E-state index contributed by atoms with van der Waals surface area (Å²) in [6.45, 7) is 5.15. The SMILES string of the molecule is COc1cc(C)c(CN2CCC[C@@H](N)C2)cc1OC.Cl. The van der Waals surface area contributed by atoms with Gasteiger partial charge in [-0.1, -0.05) is 0 Å². The van der Waals surface area contributed by atoms with Crippen molar-refractivity contribution in [2.24, 2.45) is 5.73 Å². The van der Waals surface area contributed by atoms with Gasteiger partial charge in [-0.25, -0.2) is 0 Å². The third kappa shape index (κ3) is 4.01. The van der Waals surface area contributed by atoms with Gasteiger partial charge in [0.25, 0.3) is 0 Å². The van der Waals surface area contributed by atoms with Crippen molar-refractivity contribution in [2.45, 2.75) is 32.4 Å². The van der Waals surface area contributed by atoms with E-state index in [1.54, 1.807) is 14.2 Å². The molecule has 2 N–H and O–H groups in total. The number of nitrogens with two attached hydrogens (primary N) is 1. The lowest BCUT2D eigenvalue weighted by atomic mass is 10.0. The number of nitrogens with zero attached hydrogens (tertiary/aromatic N) is 1. The van der Waals surface area contributed by atoms with Crippen LogP contribution in [0.1, 0.15) is 24.0 Å². The van der Waals surface area contributed by atoms with Crippen molar-refractivity contribution >= 4 is 12.4 Å². The standard InChI is InChI=1S/C15H24N2O2.ClH/c1-11-7-14(18-2)15(19-3)8-12(11)9-17-6-4-5-13(16)10-17;/h7-8,13H,4-6,9-10,16H2,1-3H3;1H/t13-;/m1./s1. The molecule has 1 aromatic rings. The Morgan fingerprint density at radius 2 is 1.90 bits per heavy atom. The third-order valence-electron chi connectivity index (χ3n) is 3.78. The van der Waals surface area contributed by atoms with Crippen LogP contribution in [0.15, 0.2) is 12.1 Å². The molecule has 1 saturated heterocycles. The van der Waals surface area contributed by atoms with Crippen LogP contribution < -0.4 is 15.2 Å². The van der Waals surface area contributed by atoms with Gasteiger partial charge in [0.2, 0.25) is 0 Å². The van der Waals surface area contributed by atoms with Gasteiger partial charge < -0.3 is 15.2 Å². The lowest BCUT2D eigenvalue weighted by Crippen LogP contribution is -2.42. The van der Waals surface area contributed by atoms with Crippen LogP contribution in [0.5, 0.6) is 11.5 Å². The van der Waals surface area contributed by atoms with Crippen LogP contribution >= 0.6 is 12.4 Å². The molecule has 1 aliphatic heterocycles. The molecule has 0 saturated carbocycles. The van der Waals surface area contributed by atoms with Crippen molar-refractivity contribution in [2.75, 3.05) is 27.3 Å². The summed E-state index contributed by atoms with van der Waals surface area (Å²) in [4.78, 5) is 2.42. The van der Waals surface area contributed by atoms with E-state index < -0.39 is 0 Å². The zero-order chi connectivity index (χ0) is 13.8. The van der Waals surface area contributed by atoms with E-state index in [2.05, 4.69) is 17.9 Å². The highest BCUT2D eigenvalue weighted by atomic mass is 35.5. The largest absolute Gasteiger partial charge is 0.493 e. The van der Waals surface area contributed by atoms with Gasteiger partial charge in [-0.05, 0) is 49.6 Å². The number of likely N-dealkylation sites (tertiary alicyclic amines) is 1. The van der Waals surface area contributed by atoms with Gasteiger partial charge in [0.1, 0.15) is 0 Å². The van der Waals surface area contributed by atoms with Crippen LogP contribution in [-0.2, 0) is 6.54 Å². The van der Waals surface area contributed by atoms with Crippen molar-refractivity contribution in [3.8, 4) is 11.5 Å². The summed E-state index contributed by atoms with van der Waals surface area (Å²) >= 11 is 0. The Morgan fingerprint density at radius 3 is 2.50 bits per heavy atom. The fourth-order valence-electron chi connectivity index (χ4n) is 2.67. The normalized spacial score (nSPS) is 19.3. The van der Waals surface area contributed by atoms with Crippen molar-refractivity contribution in [3.63, 3.8) is 0 Å². The smallest absolute Gasteiger partial charge is 0.161 e. The topological polar surface area (TPSA) is 47.7 Å². The van der Waals surface area contributed by atoms with Crippen molar-refractivity contribution in [3.05, 3.63) is 23.3 Å². The predicted octanol–water partition coefficient (Wildman–Crippen LogP) is 2.36. The van der Waals surface area contributed by atoms with Gasteiger partial charge in [-0.3, -0.25) is 4.90 Å². The molecule has 0 aliphatic carbocycles. The molecule has 0 aromatic heterocycles. The summed E-state index contributed by atoms with van der Waals surface area (Å²) in [5.41, 5.74) is 8.55. The quantitative estimate of drug-likeness (QED) is 0.927. The maximum atomic E-state index is 6.03. The Balaban J connectivity index is 0.00000200. The molecule has 114 valence electrons. The number of halogens is 1. The van der Waals surface area contributed by atoms with E-state index in [9.17, 15) is 0 Å². The minimum absolute atomic E-state index is 0. The minimum atomic E-state index is 0. The molecule has 0 bridgehead atoms. The molecule has 1 aromatic carbocycles. The lowest BCUT2D eigenvalue weighted by molar-refractivity contribution is 0.201. The summed E-state index contributed by atoms with van der Waals surface area (Å²) in [7, 11) is 3.34. The lowest BCUT2D eigenvalue weighted by Gasteiger charge is -2.31. The fourth-order valence-corrected chi connectivity index (χ4v) is 2.67. The van der Waals surface area contributed by atoms with Crippen LogP contribution in [0.25, 0.3) is 0 Å². The third-order valence-corrected chi connectivity index (χ3v) is 3.78. The molecule has 1 fully saturated rings. The zero-order valence-electron chi connectivity index (χ0n) is 12.5. The first-order valence-corrected chi connectivity index (χ1v) is 6.83. The first-order valence-electron chi connectivity index (χ1n) is 6.83. The molecule has 1 heterocycles. The highest BCUT2D eigenvalue weighted by molar-refractivity contribution is 5.85. The molecule has 1 aliphatic rings. The predicted molar refractivity (Wildman–Crippen MR) is 84.0 cm³/mol. The number of piperidine rings is 1. The van der Waals surface area contributed by atoms with Gasteiger partial charge in [0.15, 0.2) is 11.5 Å². The van der Waals surface area contributed by atoms with E-state index in [0.29, 0.717) is 6.04 Å². The van der Waals surface area contributed by atoms with E-state index >= 15 is 0 Å². The first-order chi connectivity index (χ1) is 9.13. The van der Waals surface area contributed by atoms with Crippen molar-refractivity contribution in [1.82, 2.24) is 4.90 Å². The summed E-state index contributed by atoms with van der Waals surface area (Å²) < 4.78 is 10.7. The van der Waals surface area contributed by atoms with Gasteiger partial charge >= 0.3 is 0 Å². The molecular weight excluding hydrogens is 276 g/mol. The monoisotopic (exact) mass is 300 g/mol. The average molecular weight is 301 g/mol. The van der Waals surface area contributed by atoms with E-state index in [-0.39, 0.29) is 12.4 Å². The van der Waals surface area contributed by atoms with Crippen LogP contribution in [-0.4, -0.2) is 38.3 Å². The highest BCUT2D eigenvalue weighted by Gasteiger charge is 2.18. The van der Waals surface area contributed by atoms with E-state index in [4.69, 9.17) is 15.2 Å². The van der Waals surface area contributed by atoms with Crippen LogP contribution in [0.3, 0.4) is 0 Å². The van der Waals surface area contributed by atoms with Gasteiger partial charge in [-0.2, -0.15) is 0 Å². The molecule has 0 radical (unpaired) electrons. The summed E-state index contributed by atoms with van der Waals surface area (Å²) in [5.74, 6) is 1.59. The second-order valence-corrected chi connectivity index (χ2v) is 5.27. The molecule has 2 rings (SSSR count). The van der Waals surface area contributed by atoms with Gasteiger partial charge in [0, 0.05) is 19.1 Å². The van der Waals surface area contributed by atoms with Crippen LogP contribution in [0.2, 0.25) is 0 Å².